The van der Waals surface area contributed by atoms with Gasteiger partial charge in [-0.3, -0.25) is 14.7 Å². The van der Waals surface area contributed by atoms with Crippen LogP contribution in [0.25, 0.3) is 0 Å². The molecule has 2 fully saturated rings. The number of carbonyl (C=O) groups excluding carboxylic acids is 1. The van der Waals surface area contributed by atoms with Crippen LogP contribution in [0.1, 0.15) is 33.8 Å². The summed E-state index contributed by atoms with van der Waals surface area (Å²) in [7, 11) is 0. The summed E-state index contributed by atoms with van der Waals surface area (Å²) in [6.45, 7) is 6.51. The van der Waals surface area contributed by atoms with Crippen molar-refractivity contribution in [2.45, 2.75) is 31.9 Å². The van der Waals surface area contributed by atoms with Crippen molar-refractivity contribution in [2.75, 3.05) is 26.2 Å². The number of aromatic nitrogens is 2. The van der Waals surface area contributed by atoms with Gasteiger partial charge in [0.2, 0.25) is 0 Å². The van der Waals surface area contributed by atoms with Crippen molar-refractivity contribution in [3.8, 4) is 0 Å². The number of pyridine rings is 1. The lowest BCUT2D eigenvalue weighted by Crippen LogP contribution is -2.64. The molecule has 7 heteroatoms. The molecule has 1 atom stereocenters. The van der Waals surface area contributed by atoms with E-state index in [9.17, 15) is 4.79 Å². The minimum absolute atomic E-state index is 0.0139. The summed E-state index contributed by atoms with van der Waals surface area (Å²) in [5.74, 6) is 0.482. The molecule has 4 rings (SSSR count). The minimum Gasteiger partial charge on any atom is -0.372 e. The molecule has 2 aliphatic rings. The molecule has 2 saturated heterocycles. The van der Waals surface area contributed by atoms with Gasteiger partial charge in [0, 0.05) is 55.6 Å². The first-order chi connectivity index (χ1) is 12.7. The predicted molar refractivity (Wildman–Crippen MR) is 100 cm³/mol. The van der Waals surface area contributed by atoms with Crippen LogP contribution in [0, 0.1) is 12.8 Å². The number of thiazole rings is 1. The van der Waals surface area contributed by atoms with E-state index in [4.69, 9.17) is 4.74 Å². The van der Waals surface area contributed by atoms with Crippen molar-refractivity contribution >= 4 is 17.2 Å². The van der Waals surface area contributed by atoms with Gasteiger partial charge in [0.15, 0.2) is 0 Å². The number of hydrogen-bond acceptors (Lipinski definition) is 6. The van der Waals surface area contributed by atoms with Crippen LogP contribution < -0.4 is 5.32 Å². The lowest BCUT2D eigenvalue weighted by atomic mass is 9.79. The quantitative estimate of drug-likeness (QED) is 0.842. The van der Waals surface area contributed by atoms with E-state index in [1.807, 2.05) is 5.51 Å². The molecular formula is C19H24N4O2S. The molecule has 2 aliphatic heterocycles. The van der Waals surface area contributed by atoms with Crippen LogP contribution in [-0.4, -0.2) is 52.6 Å². The molecule has 26 heavy (non-hydrogen) atoms. The maximum Gasteiger partial charge on any atom is 0.251 e. The van der Waals surface area contributed by atoms with Gasteiger partial charge in [0.05, 0.1) is 16.8 Å². The van der Waals surface area contributed by atoms with E-state index in [1.54, 1.807) is 35.9 Å². The lowest BCUT2D eigenvalue weighted by Gasteiger charge is -2.50. The molecule has 1 spiro atoms. The monoisotopic (exact) mass is 372 g/mol. The average molecular weight is 372 g/mol. The highest BCUT2D eigenvalue weighted by molar-refractivity contribution is 7.09. The van der Waals surface area contributed by atoms with Gasteiger partial charge in [0.1, 0.15) is 0 Å². The standard InChI is InChI=1S/C19H24N4O2S/c1-14-17(26-13-22-14)10-23-11-19(12-23)16(5-9-25-19)4-8-21-18(24)15-2-6-20-7-3-15/h2-3,6-7,13,16H,4-5,8-12H2,1H3,(H,21,24)/t16-/m0/s1. The Hall–Kier alpha value is -1.83. The van der Waals surface area contributed by atoms with Crippen molar-refractivity contribution in [2.24, 2.45) is 5.92 Å². The molecule has 2 aromatic heterocycles. The highest BCUT2D eigenvalue weighted by atomic mass is 32.1. The molecule has 4 heterocycles. The molecule has 1 amide bonds. The third-order valence-corrected chi connectivity index (χ3v) is 6.44. The second-order valence-corrected chi connectivity index (χ2v) is 8.12. The maximum absolute atomic E-state index is 12.1. The van der Waals surface area contributed by atoms with Crippen molar-refractivity contribution in [3.05, 3.63) is 46.2 Å². The predicted octanol–water partition coefficient (Wildman–Crippen LogP) is 2.26. The second-order valence-electron chi connectivity index (χ2n) is 7.19. The Kier molecular flexibility index (Phi) is 5.02. The zero-order chi connectivity index (χ0) is 18.0. The molecule has 6 nitrogen and oxygen atoms in total. The van der Waals surface area contributed by atoms with Gasteiger partial charge in [0.25, 0.3) is 5.91 Å². The number of likely N-dealkylation sites (tertiary alicyclic amines) is 1. The van der Waals surface area contributed by atoms with E-state index in [0.717, 1.165) is 44.8 Å². The Morgan fingerprint density at radius 2 is 2.23 bits per heavy atom. The zero-order valence-electron chi connectivity index (χ0n) is 15.0. The van der Waals surface area contributed by atoms with Crippen LogP contribution in [-0.2, 0) is 11.3 Å². The Morgan fingerprint density at radius 3 is 2.96 bits per heavy atom. The molecule has 0 saturated carbocycles. The number of nitrogens with one attached hydrogen (secondary N) is 1. The topological polar surface area (TPSA) is 67.3 Å². The van der Waals surface area contributed by atoms with Crippen LogP contribution in [0.5, 0.6) is 0 Å². The van der Waals surface area contributed by atoms with Gasteiger partial charge >= 0.3 is 0 Å². The van der Waals surface area contributed by atoms with Crippen molar-refractivity contribution in [1.82, 2.24) is 20.2 Å². The smallest absolute Gasteiger partial charge is 0.251 e. The molecule has 2 aromatic rings. The highest BCUT2D eigenvalue weighted by Gasteiger charge is 2.52. The first-order valence-corrected chi connectivity index (χ1v) is 9.98. The van der Waals surface area contributed by atoms with Gasteiger partial charge in [-0.25, -0.2) is 4.98 Å². The number of aryl methyl sites for hydroxylation is 1. The van der Waals surface area contributed by atoms with Crippen LogP contribution in [0.4, 0.5) is 0 Å². The summed E-state index contributed by atoms with van der Waals surface area (Å²) < 4.78 is 6.14. The second kappa shape index (κ2) is 7.42. The normalized spacial score (nSPS) is 21.7. The van der Waals surface area contributed by atoms with Crippen LogP contribution in [0.15, 0.2) is 30.0 Å². The fourth-order valence-corrected chi connectivity index (χ4v) is 4.83. The fraction of sp³-hybridized carbons (Fsp3) is 0.526. The Labute approximate surface area is 157 Å². The SMILES string of the molecule is Cc1ncsc1CN1CC2(C1)OCC[C@@H]2CCNC(=O)c1ccncc1. The fourth-order valence-electron chi connectivity index (χ4n) is 4.01. The van der Waals surface area contributed by atoms with Crippen LogP contribution in [0.2, 0.25) is 0 Å². The number of nitrogens with zero attached hydrogens (tertiary/aromatic N) is 3. The van der Waals surface area contributed by atoms with E-state index in [2.05, 4.69) is 27.1 Å². The van der Waals surface area contributed by atoms with E-state index in [0.29, 0.717) is 18.0 Å². The van der Waals surface area contributed by atoms with Gasteiger partial charge in [-0.1, -0.05) is 0 Å². The summed E-state index contributed by atoms with van der Waals surface area (Å²) in [6, 6.07) is 3.47. The molecule has 138 valence electrons. The maximum atomic E-state index is 12.1. The average Bonchev–Trinajstić information content (AvgIpc) is 3.22. The minimum atomic E-state index is -0.0312. The van der Waals surface area contributed by atoms with Crippen LogP contribution >= 0.6 is 11.3 Å². The molecule has 1 N–H and O–H groups in total. The van der Waals surface area contributed by atoms with Gasteiger partial charge in [-0.05, 0) is 37.8 Å². The number of hydrogen-bond donors (Lipinski definition) is 1. The van der Waals surface area contributed by atoms with Crippen molar-refractivity contribution in [1.29, 1.82) is 0 Å². The molecule has 0 aliphatic carbocycles. The largest absolute Gasteiger partial charge is 0.372 e. The first kappa shape index (κ1) is 17.6. The van der Waals surface area contributed by atoms with Crippen LogP contribution in [0.3, 0.4) is 0 Å². The van der Waals surface area contributed by atoms with Gasteiger partial charge in [-0.2, -0.15) is 0 Å². The third kappa shape index (κ3) is 3.51. The summed E-state index contributed by atoms with van der Waals surface area (Å²) in [5.41, 5.74) is 3.70. The van der Waals surface area contributed by atoms with E-state index in [1.165, 1.54) is 4.88 Å². The van der Waals surface area contributed by atoms with E-state index >= 15 is 0 Å². The van der Waals surface area contributed by atoms with E-state index < -0.39 is 0 Å². The summed E-state index contributed by atoms with van der Waals surface area (Å²) >= 11 is 1.73. The molecule has 0 unspecified atom stereocenters. The highest BCUT2D eigenvalue weighted by Crippen LogP contribution is 2.42. The molecule has 0 bridgehead atoms. The zero-order valence-corrected chi connectivity index (χ0v) is 15.8. The number of rotatable bonds is 6. The molecule has 0 radical (unpaired) electrons. The van der Waals surface area contributed by atoms with Crippen molar-refractivity contribution < 1.29 is 9.53 Å². The Balaban J connectivity index is 1.26. The number of ether oxygens (including phenoxy) is 1. The summed E-state index contributed by atoms with van der Waals surface area (Å²) in [6.07, 6.45) is 5.33. The number of amides is 1. The Bertz CT molecular complexity index is 758. The van der Waals surface area contributed by atoms with Gasteiger partial charge < -0.3 is 10.1 Å². The summed E-state index contributed by atoms with van der Waals surface area (Å²) in [5, 5.41) is 3.02. The third-order valence-electron chi connectivity index (χ3n) is 5.52. The first-order valence-electron chi connectivity index (χ1n) is 9.10. The van der Waals surface area contributed by atoms with Crippen molar-refractivity contribution in [3.63, 3.8) is 0 Å². The number of carbonyl (C=O) groups is 1. The lowest BCUT2D eigenvalue weighted by molar-refractivity contribution is -0.136. The van der Waals surface area contributed by atoms with E-state index in [-0.39, 0.29) is 11.5 Å². The molecule has 0 aromatic carbocycles. The van der Waals surface area contributed by atoms with Gasteiger partial charge in [-0.15, -0.1) is 11.3 Å². The Morgan fingerprint density at radius 1 is 1.42 bits per heavy atom. The summed E-state index contributed by atoms with van der Waals surface area (Å²) in [4.78, 5) is 24.2. The molecular weight excluding hydrogens is 348 g/mol.